The molecule has 1 aromatic heterocycles. The summed E-state index contributed by atoms with van der Waals surface area (Å²) < 4.78 is 0. The van der Waals surface area contributed by atoms with Gasteiger partial charge in [-0.1, -0.05) is 25.1 Å². The fourth-order valence-electron chi connectivity index (χ4n) is 3.63. The third-order valence-electron chi connectivity index (χ3n) is 5.33. The van der Waals surface area contributed by atoms with E-state index in [0.29, 0.717) is 5.69 Å². The van der Waals surface area contributed by atoms with Gasteiger partial charge in [-0.25, -0.2) is 0 Å². The van der Waals surface area contributed by atoms with Crippen LogP contribution in [0, 0.1) is 6.92 Å². The number of hydrogen-bond donors (Lipinski definition) is 2. The number of aromatic nitrogens is 2. The van der Waals surface area contributed by atoms with Gasteiger partial charge in [0.2, 0.25) is 0 Å². The fourth-order valence-corrected chi connectivity index (χ4v) is 3.63. The lowest BCUT2D eigenvalue weighted by Crippen LogP contribution is -2.46. The number of aromatic amines is 1. The highest BCUT2D eigenvalue weighted by Crippen LogP contribution is 2.25. The molecule has 0 bridgehead atoms. The van der Waals surface area contributed by atoms with Gasteiger partial charge in [-0.05, 0) is 43.3 Å². The summed E-state index contributed by atoms with van der Waals surface area (Å²) in [6.07, 6.45) is 0. The minimum atomic E-state index is -0.195. The van der Waals surface area contributed by atoms with Crippen molar-refractivity contribution < 1.29 is 4.79 Å². The number of nitrogens with zero attached hydrogens (tertiary/aromatic N) is 3. The van der Waals surface area contributed by atoms with Gasteiger partial charge in [0.1, 0.15) is 0 Å². The molecular weight excluding hydrogens is 338 g/mol. The van der Waals surface area contributed by atoms with E-state index in [1.807, 2.05) is 37.3 Å². The second kappa shape index (κ2) is 7.40. The Bertz CT molecular complexity index is 956. The number of H-pyrrole nitrogens is 1. The van der Waals surface area contributed by atoms with E-state index >= 15 is 0 Å². The summed E-state index contributed by atoms with van der Waals surface area (Å²) in [6, 6.07) is 13.9. The minimum absolute atomic E-state index is 0.195. The molecule has 4 rings (SSSR count). The molecule has 6 heteroatoms. The van der Waals surface area contributed by atoms with Crippen LogP contribution in [-0.2, 0) is 0 Å². The predicted molar refractivity (Wildman–Crippen MR) is 110 cm³/mol. The Hall–Kier alpha value is -2.86. The summed E-state index contributed by atoms with van der Waals surface area (Å²) in [5, 5.41) is 10.9. The minimum Gasteiger partial charge on any atom is -0.369 e. The van der Waals surface area contributed by atoms with Crippen LogP contribution in [0.3, 0.4) is 0 Å². The normalized spacial score (nSPS) is 15.3. The molecule has 0 unspecified atom stereocenters. The molecule has 140 valence electrons. The van der Waals surface area contributed by atoms with Crippen molar-refractivity contribution in [2.75, 3.05) is 42.9 Å². The van der Waals surface area contributed by atoms with E-state index in [4.69, 9.17) is 0 Å². The summed E-state index contributed by atoms with van der Waals surface area (Å²) in [6.45, 7) is 9.63. The van der Waals surface area contributed by atoms with E-state index in [9.17, 15) is 4.79 Å². The number of likely N-dealkylation sites (N-methyl/N-ethyl adjacent to an activating group) is 1. The van der Waals surface area contributed by atoms with Gasteiger partial charge in [0, 0.05) is 42.9 Å². The third kappa shape index (κ3) is 3.53. The molecule has 6 nitrogen and oxygen atoms in total. The molecule has 2 N–H and O–H groups in total. The monoisotopic (exact) mass is 363 g/mol. The average Bonchev–Trinajstić information content (AvgIpc) is 3.14. The number of piperazine rings is 1. The van der Waals surface area contributed by atoms with Crippen molar-refractivity contribution in [3.63, 3.8) is 0 Å². The summed E-state index contributed by atoms with van der Waals surface area (Å²) >= 11 is 0. The van der Waals surface area contributed by atoms with E-state index in [1.54, 1.807) is 0 Å². The summed E-state index contributed by atoms with van der Waals surface area (Å²) in [5.41, 5.74) is 4.37. The van der Waals surface area contributed by atoms with Crippen molar-refractivity contribution in [3.05, 3.63) is 53.7 Å². The zero-order valence-electron chi connectivity index (χ0n) is 15.8. The number of nitrogens with one attached hydrogen (secondary N) is 2. The maximum Gasteiger partial charge on any atom is 0.276 e. The quantitative estimate of drug-likeness (QED) is 0.747. The molecule has 3 aromatic rings. The third-order valence-corrected chi connectivity index (χ3v) is 5.33. The highest BCUT2D eigenvalue weighted by molar-refractivity contribution is 6.11. The first-order valence-corrected chi connectivity index (χ1v) is 9.48. The molecule has 0 atom stereocenters. The summed E-state index contributed by atoms with van der Waals surface area (Å²) in [5.74, 6) is -0.195. The molecule has 1 amide bonds. The van der Waals surface area contributed by atoms with Gasteiger partial charge in [-0.3, -0.25) is 9.89 Å². The number of hydrogen-bond acceptors (Lipinski definition) is 4. The number of fused-ring (bicyclic) bond motifs is 1. The van der Waals surface area contributed by atoms with Crippen molar-refractivity contribution in [1.82, 2.24) is 15.1 Å². The number of rotatable bonds is 4. The lowest BCUT2D eigenvalue weighted by atomic mass is 10.1. The van der Waals surface area contributed by atoms with Crippen LogP contribution < -0.4 is 10.2 Å². The molecule has 0 radical (unpaired) electrons. The molecule has 1 aliphatic heterocycles. The smallest absolute Gasteiger partial charge is 0.276 e. The average molecular weight is 363 g/mol. The number of carbonyl (C=O) groups excluding carboxylic acids is 1. The number of para-hydroxylation sites is 1. The van der Waals surface area contributed by atoms with E-state index < -0.39 is 0 Å². The molecule has 1 aliphatic rings. The maximum absolute atomic E-state index is 12.7. The highest BCUT2D eigenvalue weighted by atomic mass is 16.1. The Morgan fingerprint density at radius 3 is 2.67 bits per heavy atom. The standard InChI is InChI=1S/C21H25N5O/c1-3-25-10-12-26(13-11-25)16-8-9-18(15(2)14-16)22-21(27)20-17-6-4-5-7-19(17)23-24-20/h4-9,14H,3,10-13H2,1-2H3,(H,22,27)(H,23,24). The van der Waals surface area contributed by atoms with Crippen LogP contribution in [0.1, 0.15) is 23.0 Å². The van der Waals surface area contributed by atoms with E-state index in [0.717, 1.165) is 54.9 Å². The maximum atomic E-state index is 12.7. The van der Waals surface area contributed by atoms with Crippen LogP contribution in [0.25, 0.3) is 10.9 Å². The van der Waals surface area contributed by atoms with Gasteiger partial charge in [0.25, 0.3) is 5.91 Å². The lowest BCUT2D eigenvalue weighted by molar-refractivity contribution is 0.102. The van der Waals surface area contributed by atoms with E-state index in [2.05, 4.69) is 44.4 Å². The number of aryl methyl sites for hydroxylation is 1. The first-order chi connectivity index (χ1) is 13.2. The van der Waals surface area contributed by atoms with Crippen molar-refractivity contribution >= 4 is 28.2 Å². The second-order valence-electron chi connectivity index (χ2n) is 6.99. The summed E-state index contributed by atoms with van der Waals surface area (Å²) in [7, 11) is 0. The van der Waals surface area contributed by atoms with Crippen LogP contribution in [-0.4, -0.2) is 53.7 Å². The molecule has 1 fully saturated rings. The van der Waals surface area contributed by atoms with Gasteiger partial charge >= 0.3 is 0 Å². The van der Waals surface area contributed by atoms with Gasteiger partial charge in [0.15, 0.2) is 5.69 Å². The van der Waals surface area contributed by atoms with E-state index in [1.165, 1.54) is 5.69 Å². The SMILES string of the molecule is CCN1CCN(c2ccc(NC(=O)c3n[nH]c4ccccc34)c(C)c2)CC1. The molecule has 27 heavy (non-hydrogen) atoms. The van der Waals surface area contributed by atoms with Crippen molar-refractivity contribution in [2.24, 2.45) is 0 Å². The zero-order chi connectivity index (χ0) is 18.8. The molecular formula is C21H25N5O. The topological polar surface area (TPSA) is 64.3 Å². The number of benzene rings is 2. The predicted octanol–water partition coefficient (Wildman–Crippen LogP) is 3.27. The first kappa shape index (κ1) is 17.5. The van der Waals surface area contributed by atoms with Gasteiger partial charge in [0.05, 0.1) is 5.52 Å². The molecule has 2 aromatic carbocycles. The van der Waals surface area contributed by atoms with Crippen molar-refractivity contribution in [2.45, 2.75) is 13.8 Å². The summed E-state index contributed by atoms with van der Waals surface area (Å²) in [4.78, 5) is 17.6. The second-order valence-corrected chi connectivity index (χ2v) is 6.99. The number of amides is 1. The lowest BCUT2D eigenvalue weighted by Gasteiger charge is -2.35. The molecule has 0 aliphatic carbocycles. The Balaban J connectivity index is 1.49. The fraction of sp³-hybridized carbons (Fsp3) is 0.333. The highest BCUT2D eigenvalue weighted by Gasteiger charge is 2.18. The van der Waals surface area contributed by atoms with Crippen LogP contribution in [0.15, 0.2) is 42.5 Å². The van der Waals surface area contributed by atoms with Crippen LogP contribution in [0.2, 0.25) is 0 Å². The Kier molecular flexibility index (Phi) is 4.81. The first-order valence-electron chi connectivity index (χ1n) is 9.48. The number of anilines is 2. The Morgan fingerprint density at radius 1 is 1.15 bits per heavy atom. The van der Waals surface area contributed by atoms with Crippen molar-refractivity contribution in [3.8, 4) is 0 Å². The Labute approximate surface area is 159 Å². The van der Waals surface area contributed by atoms with Crippen LogP contribution in [0.5, 0.6) is 0 Å². The van der Waals surface area contributed by atoms with Gasteiger partial charge in [-0.2, -0.15) is 5.10 Å². The number of carbonyl (C=O) groups is 1. The van der Waals surface area contributed by atoms with Gasteiger partial charge < -0.3 is 15.1 Å². The zero-order valence-corrected chi connectivity index (χ0v) is 15.8. The molecule has 2 heterocycles. The molecule has 0 saturated carbocycles. The van der Waals surface area contributed by atoms with Gasteiger partial charge in [-0.15, -0.1) is 0 Å². The molecule has 0 spiro atoms. The van der Waals surface area contributed by atoms with Crippen LogP contribution >= 0.6 is 0 Å². The molecule has 1 saturated heterocycles. The largest absolute Gasteiger partial charge is 0.369 e. The van der Waals surface area contributed by atoms with Crippen LogP contribution in [0.4, 0.5) is 11.4 Å². The van der Waals surface area contributed by atoms with E-state index in [-0.39, 0.29) is 5.91 Å². The Morgan fingerprint density at radius 2 is 1.93 bits per heavy atom. The van der Waals surface area contributed by atoms with Crippen molar-refractivity contribution in [1.29, 1.82) is 0 Å².